The van der Waals surface area contributed by atoms with Gasteiger partial charge in [-0.1, -0.05) is 29.5 Å². The van der Waals surface area contributed by atoms with Gasteiger partial charge in [0.05, 0.1) is 13.2 Å². The molecule has 0 aromatic heterocycles. The fraction of sp³-hybridized carbons (Fsp3) is 0.316. The first-order valence-electron chi connectivity index (χ1n) is 7.80. The van der Waals surface area contributed by atoms with Crippen molar-refractivity contribution in [3.05, 3.63) is 53.6 Å². The molecule has 1 amide bonds. The van der Waals surface area contributed by atoms with Crippen LogP contribution >= 0.6 is 11.8 Å². The van der Waals surface area contributed by atoms with Crippen molar-refractivity contribution in [3.8, 4) is 0 Å². The summed E-state index contributed by atoms with van der Waals surface area (Å²) in [6.07, 6.45) is 0. The van der Waals surface area contributed by atoms with Gasteiger partial charge in [0.25, 0.3) is 0 Å². The highest BCUT2D eigenvalue weighted by molar-refractivity contribution is 7.99. The number of hydrogen-bond acceptors (Lipinski definition) is 4. The van der Waals surface area contributed by atoms with Gasteiger partial charge in [-0.05, 0) is 49.7 Å². The molecule has 0 aliphatic carbocycles. The largest absolute Gasteiger partial charge is 0.382 e. The molecule has 0 saturated heterocycles. The van der Waals surface area contributed by atoms with Gasteiger partial charge < -0.3 is 14.8 Å². The van der Waals surface area contributed by atoms with E-state index in [0.29, 0.717) is 13.2 Å². The number of hydrogen-bond donors (Lipinski definition) is 1. The highest BCUT2D eigenvalue weighted by atomic mass is 32.2. The first-order chi connectivity index (χ1) is 11.6. The summed E-state index contributed by atoms with van der Waals surface area (Å²) in [6.45, 7) is 5.14. The summed E-state index contributed by atoms with van der Waals surface area (Å²) in [6, 6.07) is 14.3. The van der Waals surface area contributed by atoms with Crippen molar-refractivity contribution < 1.29 is 14.3 Å². The third kappa shape index (κ3) is 6.00. The van der Waals surface area contributed by atoms with Crippen molar-refractivity contribution in [2.45, 2.75) is 23.6 Å². The second kappa shape index (κ2) is 9.47. The number of benzene rings is 2. The maximum Gasteiger partial charge on any atom is 0.250 e. The standard InChI is InChI=1S/C19H23NO3S/c1-14-4-9-18(15(2)12-14)24-17-7-5-16(6-8-17)20-19(21)13-23-11-10-22-3/h4-9,12H,10-11,13H2,1-3H3,(H,20,21). The number of anilines is 1. The maximum atomic E-state index is 11.7. The van der Waals surface area contributed by atoms with E-state index >= 15 is 0 Å². The molecular weight excluding hydrogens is 322 g/mol. The molecule has 2 rings (SSSR count). The van der Waals surface area contributed by atoms with E-state index < -0.39 is 0 Å². The molecule has 0 radical (unpaired) electrons. The Hall–Kier alpha value is -1.82. The van der Waals surface area contributed by atoms with Gasteiger partial charge in [0.1, 0.15) is 6.61 Å². The van der Waals surface area contributed by atoms with Crippen LogP contribution in [0.3, 0.4) is 0 Å². The second-order valence-electron chi connectivity index (χ2n) is 5.49. The molecule has 0 atom stereocenters. The fourth-order valence-corrected chi connectivity index (χ4v) is 3.03. The molecule has 0 spiro atoms. The number of nitrogens with one attached hydrogen (secondary N) is 1. The van der Waals surface area contributed by atoms with Crippen LogP contribution in [0.25, 0.3) is 0 Å². The number of methoxy groups -OCH3 is 1. The zero-order valence-corrected chi connectivity index (χ0v) is 15.1. The molecule has 5 heteroatoms. The Bertz CT molecular complexity index is 671. The van der Waals surface area contributed by atoms with Gasteiger partial charge >= 0.3 is 0 Å². The van der Waals surface area contributed by atoms with Gasteiger partial charge in [-0.3, -0.25) is 4.79 Å². The third-order valence-electron chi connectivity index (χ3n) is 3.36. The van der Waals surface area contributed by atoms with Gasteiger partial charge in [-0.15, -0.1) is 0 Å². The average Bonchev–Trinajstić information content (AvgIpc) is 2.56. The summed E-state index contributed by atoms with van der Waals surface area (Å²) in [7, 11) is 1.60. The van der Waals surface area contributed by atoms with Gasteiger partial charge in [0.15, 0.2) is 0 Å². The Kier molecular flexibility index (Phi) is 7.31. The normalized spacial score (nSPS) is 10.6. The molecule has 2 aromatic carbocycles. The van der Waals surface area contributed by atoms with E-state index in [-0.39, 0.29) is 12.5 Å². The number of amides is 1. The summed E-state index contributed by atoms with van der Waals surface area (Å²) >= 11 is 1.72. The molecule has 2 aromatic rings. The number of ether oxygens (including phenoxy) is 2. The van der Waals surface area contributed by atoms with Gasteiger partial charge in [-0.2, -0.15) is 0 Å². The number of carbonyl (C=O) groups excluding carboxylic acids is 1. The summed E-state index contributed by atoms with van der Waals surface area (Å²) < 4.78 is 10.1. The Labute approximate surface area is 147 Å². The first kappa shape index (κ1) is 18.5. The number of rotatable bonds is 8. The minimum absolute atomic E-state index is 0.0302. The molecule has 0 unspecified atom stereocenters. The van der Waals surface area contributed by atoms with Crippen LogP contribution in [0.4, 0.5) is 5.69 Å². The highest BCUT2D eigenvalue weighted by Crippen LogP contribution is 2.31. The van der Waals surface area contributed by atoms with E-state index in [1.807, 2.05) is 24.3 Å². The van der Waals surface area contributed by atoms with Gasteiger partial charge in [0.2, 0.25) is 5.91 Å². The van der Waals surface area contributed by atoms with Crippen LogP contribution in [-0.4, -0.2) is 32.8 Å². The molecular formula is C19H23NO3S. The molecule has 0 saturated carbocycles. The van der Waals surface area contributed by atoms with Crippen molar-refractivity contribution in [1.29, 1.82) is 0 Å². The van der Waals surface area contributed by atoms with E-state index in [1.54, 1.807) is 18.9 Å². The third-order valence-corrected chi connectivity index (χ3v) is 4.55. The lowest BCUT2D eigenvalue weighted by atomic mass is 10.2. The maximum absolute atomic E-state index is 11.7. The molecule has 4 nitrogen and oxygen atoms in total. The average molecular weight is 345 g/mol. The Morgan fingerprint density at radius 2 is 1.83 bits per heavy atom. The van der Waals surface area contributed by atoms with Crippen molar-refractivity contribution in [2.75, 3.05) is 32.2 Å². The highest BCUT2D eigenvalue weighted by Gasteiger charge is 2.04. The molecule has 0 bridgehead atoms. The van der Waals surface area contributed by atoms with E-state index in [0.717, 1.165) is 10.6 Å². The minimum Gasteiger partial charge on any atom is -0.382 e. The van der Waals surface area contributed by atoms with Crippen LogP contribution in [0.2, 0.25) is 0 Å². The van der Waals surface area contributed by atoms with Crippen LogP contribution in [-0.2, 0) is 14.3 Å². The van der Waals surface area contributed by atoms with Crippen LogP contribution in [0.5, 0.6) is 0 Å². The topological polar surface area (TPSA) is 47.6 Å². The lowest BCUT2D eigenvalue weighted by Gasteiger charge is -2.09. The SMILES string of the molecule is COCCOCC(=O)Nc1ccc(Sc2ccc(C)cc2C)cc1. The molecule has 24 heavy (non-hydrogen) atoms. The number of carbonyl (C=O) groups is 1. The van der Waals surface area contributed by atoms with Crippen molar-refractivity contribution >= 4 is 23.4 Å². The molecule has 0 aliphatic rings. The van der Waals surface area contributed by atoms with E-state index in [2.05, 4.69) is 37.4 Å². The summed E-state index contributed by atoms with van der Waals surface area (Å²) in [4.78, 5) is 14.1. The van der Waals surface area contributed by atoms with Crippen molar-refractivity contribution in [2.24, 2.45) is 0 Å². The number of aryl methyl sites for hydroxylation is 2. The summed E-state index contributed by atoms with van der Waals surface area (Å²) in [5.41, 5.74) is 3.30. The quantitative estimate of drug-likeness (QED) is 0.733. The Balaban J connectivity index is 1.87. The lowest BCUT2D eigenvalue weighted by molar-refractivity contribution is -0.121. The second-order valence-corrected chi connectivity index (χ2v) is 6.60. The monoisotopic (exact) mass is 345 g/mol. The molecule has 0 aliphatic heterocycles. The van der Waals surface area contributed by atoms with Gasteiger partial charge in [-0.25, -0.2) is 0 Å². The van der Waals surface area contributed by atoms with Crippen LogP contribution in [0, 0.1) is 13.8 Å². The molecule has 0 heterocycles. The first-order valence-corrected chi connectivity index (χ1v) is 8.62. The fourth-order valence-electron chi connectivity index (χ4n) is 2.15. The molecule has 128 valence electrons. The lowest BCUT2D eigenvalue weighted by Crippen LogP contribution is -2.19. The van der Waals surface area contributed by atoms with Gasteiger partial charge in [0, 0.05) is 22.6 Å². The van der Waals surface area contributed by atoms with Crippen molar-refractivity contribution in [1.82, 2.24) is 0 Å². The van der Waals surface area contributed by atoms with E-state index in [9.17, 15) is 4.79 Å². The molecule has 1 N–H and O–H groups in total. The van der Waals surface area contributed by atoms with Crippen LogP contribution in [0.15, 0.2) is 52.3 Å². The van der Waals surface area contributed by atoms with E-state index in [4.69, 9.17) is 9.47 Å². The van der Waals surface area contributed by atoms with Crippen molar-refractivity contribution in [3.63, 3.8) is 0 Å². The Morgan fingerprint density at radius 3 is 2.50 bits per heavy atom. The molecule has 0 fully saturated rings. The predicted molar refractivity (Wildman–Crippen MR) is 97.8 cm³/mol. The predicted octanol–water partition coefficient (Wildman–Crippen LogP) is 4.06. The van der Waals surface area contributed by atoms with Crippen LogP contribution < -0.4 is 5.32 Å². The Morgan fingerprint density at radius 1 is 1.08 bits per heavy atom. The minimum atomic E-state index is -0.166. The summed E-state index contributed by atoms with van der Waals surface area (Å²) in [5, 5.41) is 2.81. The zero-order valence-electron chi connectivity index (χ0n) is 14.3. The summed E-state index contributed by atoms with van der Waals surface area (Å²) in [5.74, 6) is -0.166. The van der Waals surface area contributed by atoms with E-state index in [1.165, 1.54) is 16.0 Å². The smallest absolute Gasteiger partial charge is 0.250 e. The van der Waals surface area contributed by atoms with Crippen LogP contribution in [0.1, 0.15) is 11.1 Å². The zero-order chi connectivity index (χ0) is 17.4.